The average Bonchev–Trinajstić information content (AvgIpc) is 3.38. The van der Waals surface area contributed by atoms with Crippen LogP contribution in [0.1, 0.15) is 49.0 Å². The van der Waals surface area contributed by atoms with Crippen molar-refractivity contribution >= 4 is 52.4 Å². The number of aromatic carboxylic acids is 1. The molecular formula is C32H35ClN4O6. The number of nitrogens with zero attached hydrogens (tertiary/aromatic N) is 1. The fraction of sp³-hybridized carbons (Fsp3) is 0.312. The van der Waals surface area contributed by atoms with Crippen molar-refractivity contribution < 1.29 is 29.4 Å². The number of anilines is 3. The average molecular weight is 607 g/mol. The van der Waals surface area contributed by atoms with Gasteiger partial charge in [-0.25, -0.2) is 4.79 Å². The third-order valence-electron chi connectivity index (χ3n) is 7.31. The number of carbonyl (C=O) groups excluding carboxylic acids is 3. The summed E-state index contributed by atoms with van der Waals surface area (Å²) in [5.41, 5.74) is 1.53. The Morgan fingerprint density at radius 1 is 0.930 bits per heavy atom. The largest absolute Gasteiger partial charge is 0.478 e. The van der Waals surface area contributed by atoms with Gasteiger partial charge in [-0.2, -0.15) is 0 Å². The van der Waals surface area contributed by atoms with E-state index in [0.717, 1.165) is 5.56 Å². The minimum atomic E-state index is -1.19. The molecule has 1 heterocycles. The zero-order chi connectivity index (χ0) is 31.3. The van der Waals surface area contributed by atoms with E-state index in [0.29, 0.717) is 41.6 Å². The van der Waals surface area contributed by atoms with Gasteiger partial charge in [0.25, 0.3) is 0 Å². The number of carboxylic acid groups (broad SMARTS) is 1. The Labute approximate surface area is 255 Å². The Morgan fingerprint density at radius 3 is 2.19 bits per heavy atom. The van der Waals surface area contributed by atoms with Gasteiger partial charge >= 0.3 is 17.8 Å². The molecule has 0 spiro atoms. The van der Waals surface area contributed by atoms with Crippen molar-refractivity contribution in [3.8, 4) is 0 Å². The van der Waals surface area contributed by atoms with Gasteiger partial charge in [0.1, 0.15) is 6.04 Å². The number of β-amino-alcohol motifs (C(OH)–C–C–N with tert-alkyl or cyclic N) is 1. The second-order valence-corrected chi connectivity index (χ2v) is 12.0. The minimum Gasteiger partial charge on any atom is -0.478 e. The molecule has 3 amide bonds. The van der Waals surface area contributed by atoms with Crippen molar-refractivity contribution in [2.45, 2.75) is 45.3 Å². The van der Waals surface area contributed by atoms with Crippen LogP contribution in [0.3, 0.4) is 0 Å². The summed E-state index contributed by atoms with van der Waals surface area (Å²) >= 11 is 6.20. The lowest BCUT2D eigenvalue weighted by atomic mass is 9.72. The van der Waals surface area contributed by atoms with Crippen LogP contribution < -0.4 is 20.9 Å². The molecule has 5 N–H and O–H groups in total. The third kappa shape index (κ3) is 7.91. The highest BCUT2D eigenvalue weighted by Crippen LogP contribution is 2.38. The van der Waals surface area contributed by atoms with Crippen LogP contribution >= 0.6 is 11.6 Å². The molecule has 3 atom stereocenters. The highest BCUT2D eigenvalue weighted by molar-refractivity contribution is 6.40. The lowest BCUT2D eigenvalue weighted by molar-refractivity contribution is -0.138. The Balaban J connectivity index is 1.62. The van der Waals surface area contributed by atoms with Crippen LogP contribution in [0.25, 0.3) is 0 Å². The van der Waals surface area contributed by atoms with Gasteiger partial charge in [-0.15, -0.1) is 0 Å². The number of carbonyl (C=O) groups is 4. The molecule has 10 nitrogen and oxygen atoms in total. The van der Waals surface area contributed by atoms with E-state index in [4.69, 9.17) is 11.6 Å². The summed E-state index contributed by atoms with van der Waals surface area (Å²) in [7, 11) is 0. The van der Waals surface area contributed by atoms with Gasteiger partial charge in [-0.3, -0.25) is 14.4 Å². The molecular weight excluding hydrogens is 572 g/mol. The Hall–Kier alpha value is -4.41. The number of benzene rings is 3. The zero-order valence-electron chi connectivity index (χ0n) is 24.1. The van der Waals surface area contributed by atoms with Crippen molar-refractivity contribution in [2.75, 3.05) is 28.6 Å². The molecule has 0 aromatic heterocycles. The first kappa shape index (κ1) is 31.5. The van der Waals surface area contributed by atoms with Gasteiger partial charge in [0.2, 0.25) is 5.91 Å². The normalized spacial score (nSPS) is 16.2. The predicted molar refractivity (Wildman–Crippen MR) is 166 cm³/mol. The van der Waals surface area contributed by atoms with Crippen LogP contribution in [0, 0.1) is 5.41 Å². The number of hydrogen-bond acceptors (Lipinski definition) is 6. The lowest BCUT2D eigenvalue weighted by Crippen LogP contribution is -2.53. The third-order valence-corrected chi connectivity index (χ3v) is 7.55. The first-order chi connectivity index (χ1) is 20.3. The summed E-state index contributed by atoms with van der Waals surface area (Å²) in [4.78, 5) is 53.6. The molecule has 0 radical (unpaired) electrons. The Morgan fingerprint density at radius 2 is 1.60 bits per heavy atom. The van der Waals surface area contributed by atoms with Gasteiger partial charge in [0.15, 0.2) is 0 Å². The van der Waals surface area contributed by atoms with Gasteiger partial charge < -0.3 is 31.1 Å². The molecule has 1 aliphatic rings. The number of nitrogens with one attached hydrogen (secondary N) is 3. The van der Waals surface area contributed by atoms with Crippen LogP contribution in [0.2, 0.25) is 5.02 Å². The summed E-state index contributed by atoms with van der Waals surface area (Å²) in [6.45, 7) is 6.74. The van der Waals surface area contributed by atoms with Crippen LogP contribution in [0.15, 0.2) is 72.8 Å². The van der Waals surface area contributed by atoms with Crippen LogP contribution in [-0.4, -0.2) is 59.1 Å². The first-order valence-electron chi connectivity index (χ1n) is 13.9. The first-order valence-corrected chi connectivity index (χ1v) is 14.2. The highest BCUT2D eigenvalue weighted by atomic mass is 35.5. The highest BCUT2D eigenvalue weighted by Gasteiger charge is 2.40. The van der Waals surface area contributed by atoms with E-state index < -0.39 is 47.2 Å². The SMILES string of the molecule is CC(C)(C)C(c1ccccc1)C(NC(=O)C(=O)Nc1cc(Cl)ccc1N1CC[C@@H](O)C1)C(=O)Nc1ccc(C(=O)O)cc1. The number of rotatable bonds is 8. The molecule has 2 unspecified atom stereocenters. The monoisotopic (exact) mass is 606 g/mol. The predicted octanol–water partition coefficient (Wildman–Crippen LogP) is 4.50. The molecule has 43 heavy (non-hydrogen) atoms. The number of aliphatic hydroxyl groups excluding tert-OH is 1. The van der Waals surface area contributed by atoms with Crippen LogP contribution in [0.5, 0.6) is 0 Å². The van der Waals surface area contributed by atoms with Gasteiger partial charge in [-0.1, -0.05) is 62.7 Å². The number of amides is 3. The van der Waals surface area contributed by atoms with Crippen LogP contribution in [0.4, 0.5) is 17.1 Å². The van der Waals surface area contributed by atoms with Crippen LogP contribution in [-0.2, 0) is 14.4 Å². The van der Waals surface area contributed by atoms with E-state index in [-0.39, 0.29) is 5.56 Å². The molecule has 3 aromatic rings. The molecule has 1 fully saturated rings. The fourth-order valence-corrected chi connectivity index (χ4v) is 5.47. The molecule has 0 saturated carbocycles. The molecule has 11 heteroatoms. The van der Waals surface area contributed by atoms with Gasteiger partial charge in [-0.05, 0) is 59.9 Å². The summed E-state index contributed by atoms with van der Waals surface area (Å²) in [6, 6.07) is 18.6. The second kappa shape index (κ2) is 13.3. The number of hydrogen-bond donors (Lipinski definition) is 5. The molecule has 0 bridgehead atoms. The minimum absolute atomic E-state index is 0.0557. The number of carboxylic acids is 1. The summed E-state index contributed by atoms with van der Waals surface area (Å²) in [6.07, 6.45) is 0.0643. The molecule has 0 aliphatic carbocycles. The molecule has 226 valence electrons. The maximum absolute atomic E-state index is 13.8. The van der Waals surface area contributed by atoms with Crippen molar-refractivity contribution in [3.63, 3.8) is 0 Å². The lowest BCUT2D eigenvalue weighted by Gasteiger charge is -2.37. The van der Waals surface area contributed by atoms with Crippen molar-refractivity contribution in [2.24, 2.45) is 5.41 Å². The van der Waals surface area contributed by atoms with E-state index in [2.05, 4.69) is 16.0 Å². The van der Waals surface area contributed by atoms with E-state index >= 15 is 0 Å². The quantitative estimate of drug-likeness (QED) is 0.237. The molecule has 3 aromatic carbocycles. The van der Waals surface area contributed by atoms with Crippen molar-refractivity contribution in [1.29, 1.82) is 0 Å². The van der Waals surface area contributed by atoms with Gasteiger partial charge in [0.05, 0.1) is 23.0 Å². The van der Waals surface area contributed by atoms with E-state index in [1.54, 1.807) is 12.1 Å². The summed E-state index contributed by atoms with van der Waals surface area (Å²) < 4.78 is 0. The van der Waals surface area contributed by atoms with Crippen molar-refractivity contribution in [1.82, 2.24) is 5.32 Å². The molecule has 1 saturated heterocycles. The van der Waals surface area contributed by atoms with E-state index in [9.17, 15) is 29.4 Å². The van der Waals surface area contributed by atoms with Gasteiger partial charge in [0, 0.05) is 29.7 Å². The summed E-state index contributed by atoms with van der Waals surface area (Å²) in [5.74, 6) is -4.26. The van der Waals surface area contributed by atoms with E-state index in [1.165, 1.54) is 30.3 Å². The topological polar surface area (TPSA) is 148 Å². The number of aliphatic hydroxyl groups is 1. The standard InChI is InChI=1S/C32H35ClN4O6/c1-32(2,3)26(19-7-5-4-6-8-19)27(28(39)34-22-12-9-20(10-13-22)31(42)43)36-30(41)29(40)35-24-17-21(33)11-14-25(24)37-16-15-23(38)18-37/h4-14,17,23,26-27,38H,15-16,18H2,1-3H3,(H,34,39)(H,35,40)(H,36,41)(H,42,43)/t23-,26?,27?/m1/s1. The van der Waals surface area contributed by atoms with Crippen molar-refractivity contribution in [3.05, 3.63) is 88.9 Å². The molecule has 1 aliphatic heterocycles. The maximum Gasteiger partial charge on any atom is 0.335 e. The Kier molecular flexibility index (Phi) is 9.73. The van der Waals surface area contributed by atoms with E-state index in [1.807, 2.05) is 56.0 Å². The number of halogens is 1. The Bertz CT molecular complexity index is 1490. The fourth-order valence-electron chi connectivity index (χ4n) is 5.30. The zero-order valence-corrected chi connectivity index (χ0v) is 24.9. The second-order valence-electron chi connectivity index (χ2n) is 11.6. The molecule has 4 rings (SSSR count). The maximum atomic E-state index is 13.8. The smallest absolute Gasteiger partial charge is 0.335 e. The summed E-state index contributed by atoms with van der Waals surface area (Å²) in [5, 5.41) is 27.6.